The molecule has 22 heavy (non-hydrogen) atoms. The van der Waals surface area contributed by atoms with Crippen LogP contribution in [0.25, 0.3) is 0 Å². The van der Waals surface area contributed by atoms with Gasteiger partial charge in [0.15, 0.2) is 12.1 Å². The van der Waals surface area contributed by atoms with Crippen LogP contribution in [-0.2, 0) is 23.8 Å². The number of aliphatic hydroxyl groups is 1. The van der Waals surface area contributed by atoms with Crippen molar-refractivity contribution in [2.75, 3.05) is 13.2 Å². The Labute approximate surface area is 128 Å². The van der Waals surface area contributed by atoms with Gasteiger partial charge >= 0.3 is 12.1 Å². The van der Waals surface area contributed by atoms with E-state index in [0.29, 0.717) is 6.42 Å². The molecule has 2 N–H and O–H groups in total. The molecule has 0 saturated carbocycles. The van der Waals surface area contributed by atoms with Gasteiger partial charge in [0.1, 0.15) is 5.60 Å². The maximum Gasteiger partial charge on any atom is 0.505 e. The Morgan fingerprint density at radius 3 is 2.27 bits per heavy atom. The minimum atomic E-state index is -1.28. The van der Waals surface area contributed by atoms with Gasteiger partial charge in [0.05, 0.1) is 19.6 Å². The van der Waals surface area contributed by atoms with Crippen LogP contribution in [0.3, 0.4) is 0 Å². The standard InChI is InChI=1S/C11H16O5.C3H6O3/c1-3-11(7-10(14)15-4-2)8(12)5-6-9(13)16-11;1-2-6-3(4)5/h5-6,9,13H,3-4,7H2,1-2H3;2H2,1H3,(H,4,5). The molecule has 0 aliphatic carbocycles. The number of carbonyl (C=O) groups is 3. The molecule has 8 nitrogen and oxygen atoms in total. The van der Waals surface area contributed by atoms with Gasteiger partial charge in [-0.05, 0) is 32.4 Å². The van der Waals surface area contributed by atoms with E-state index in [1.165, 1.54) is 12.2 Å². The number of ether oxygens (including phenoxy) is 3. The van der Waals surface area contributed by atoms with Crippen molar-refractivity contribution < 1.29 is 38.8 Å². The summed E-state index contributed by atoms with van der Waals surface area (Å²) < 4.78 is 13.9. The van der Waals surface area contributed by atoms with Crippen LogP contribution in [0.4, 0.5) is 4.79 Å². The van der Waals surface area contributed by atoms with Crippen molar-refractivity contribution in [1.29, 1.82) is 0 Å². The Hall–Kier alpha value is -1.93. The van der Waals surface area contributed by atoms with Crippen LogP contribution in [0, 0.1) is 0 Å². The highest BCUT2D eigenvalue weighted by atomic mass is 16.7. The van der Waals surface area contributed by atoms with Crippen molar-refractivity contribution in [1.82, 2.24) is 0 Å². The Morgan fingerprint density at radius 1 is 1.27 bits per heavy atom. The van der Waals surface area contributed by atoms with E-state index < -0.39 is 24.0 Å². The minimum Gasteiger partial charge on any atom is -0.466 e. The fourth-order valence-corrected chi connectivity index (χ4v) is 1.73. The molecule has 1 rings (SSSR count). The first-order valence-electron chi connectivity index (χ1n) is 6.91. The summed E-state index contributed by atoms with van der Waals surface area (Å²) in [6.07, 6.45) is 0.284. The second-order valence-electron chi connectivity index (χ2n) is 4.26. The normalized spacial score (nSPS) is 23.3. The average molecular weight is 318 g/mol. The van der Waals surface area contributed by atoms with Gasteiger partial charge in [-0.1, -0.05) is 6.92 Å². The summed E-state index contributed by atoms with van der Waals surface area (Å²) in [5.41, 5.74) is -1.28. The van der Waals surface area contributed by atoms with Gasteiger partial charge in [0.25, 0.3) is 0 Å². The lowest BCUT2D eigenvalue weighted by Gasteiger charge is -2.33. The fraction of sp³-hybridized carbons (Fsp3) is 0.643. The van der Waals surface area contributed by atoms with Crippen molar-refractivity contribution in [2.24, 2.45) is 0 Å². The number of ketones is 1. The lowest BCUT2D eigenvalue weighted by Crippen LogP contribution is -2.47. The average Bonchev–Trinajstić information content (AvgIpc) is 2.43. The number of aliphatic hydroxyl groups excluding tert-OH is 1. The van der Waals surface area contributed by atoms with E-state index in [2.05, 4.69) is 4.74 Å². The number of hydrogen-bond donors (Lipinski definition) is 2. The smallest absolute Gasteiger partial charge is 0.466 e. The molecule has 1 aliphatic heterocycles. The molecule has 0 bridgehead atoms. The molecule has 126 valence electrons. The van der Waals surface area contributed by atoms with Gasteiger partial charge in [-0.3, -0.25) is 9.59 Å². The molecule has 0 radical (unpaired) electrons. The zero-order chi connectivity index (χ0) is 17.2. The van der Waals surface area contributed by atoms with Crippen LogP contribution >= 0.6 is 0 Å². The summed E-state index contributed by atoms with van der Waals surface area (Å²) in [6.45, 7) is 5.52. The Balaban J connectivity index is 0.000000626. The summed E-state index contributed by atoms with van der Waals surface area (Å²) in [7, 11) is 0. The highest BCUT2D eigenvalue weighted by Crippen LogP contribution is 2.28. The third-order valence-electron chi connectivity index (χ3n) is 2.78. The predicted octanol–water partition coefficient (Wildman–Crippen LogP) is 1.26. The SMILES string of the molecule is CCOC(=O)CC1(CC)OC(O)C=CC1=O.CCOC(=O)O. The number of esters is 1. The van der Waals surface area contributed by atoms with E-state index in [0.717, 1.165) is 0 Å². The number of rotatable bonds is 5. The summed E-state index contributed by atoms with van der Waals surface area (Å²) in [5.74, 6) is -0.812. The van der Waals surface area contributed by atoms with Crippen LogP contribution in [0.5, 0.6) is 0 Å². The zero-order valence-corrected chi connectivity index (χ0v) is 12.9. The van der Waals surface area contributed by atoms with Crippen molar-refractivity contribution in [3.63, 3.8) is 0 Å². The molecule has 0 aromatic heterocycles. The topological polar surface area (TPSA) is 119 Å². The Kier molecular flexibility index (Phi) is 9.04. The lowest BCUT2D eigenvalue weighted by molar-refractivity contribution is -0.188. The predicted molar refractivity (Wildman–Crippen MR) is 75.2 cm³/mol. The molecule has 0 aromatic carbocycles. The quantitative estimate of drug-likeness (QED) is 0.727. The molecule has 1 heterocycles. The Bertz CT molecular complexity index is 417. The number of carbonyl (C=O) groups excluding carboxylic acids is 2. The maximum atomic E-state index is 11.7. The van der Waals surface area contributed by atoms with Gasteiger partial charge in [0.2, 0.25) is 0 Å². The van der Waals surface area contributed by atoms with Crippen LogP contribution < -0.4 is 0 Å². The van der Waals surface area contributed by atoms with Crippen LogP contribution in [0.2, 0.25) is 0 Å². The number of hydrogen-bond acceptors (Lipinski definition) is 7. The first-order valence-corrected chi connectivity index (χ1v) is 6.91. The molecule has 0 spiro atoms. The van der Waals surface area contributed by atoms with Crippen LogP contribution in [-0.4, -0.2) is 53.2 Å². The first kappa shape index (κ1) is 20.1. The third kappa shape index (κ3) is 6.68. The number of carboxylic acid groups (broad SMARTS) is 1. The van der Waals surface area contributed by atoms with E-state index in [9.17, 15) is 19.5 Å². The van der Waals surface area contributed by atoms with Gasteiger partial charge in [-0.15, -0.1) is 0 Å². The maximum absolute atomic E-state index is 11.7. The molecular formula is C14H22O8. The molecule has 0 amide bonds. The monoisotopic (exact) mass is 318 g/mol. The molecule has 0 fully saturated rings. The highest BCUT2D eigenvalue weighted by Gasteiger charge is 2.42. The van der Waals surface area contributed by atoms with Crippen molar-refractivity contribution in [3.8, 4) is 0 Å². The lowest BCUT2D eigenvalue weighted by atomic mass is 9.89. The van der Waals surface area contributed by atoms with E-state index in [4.69, 9.17) is 14.6 Å². The first-order chi connectivity index (χ1) is 10.3. The summed E-state index contributed by atoms with van der Waals surface area (Å²) >= 11 is 0. The Morgan fingerprint density at radius 2 is 1.86 bits per heavy atom. The zero-order valence-electron chi connectivity index (χ0n) is 12.9. The molecule has 2 unspecified atom stereocenters. The van der Waals surface area contributed by atoms with Crippen LogP contribution in [0.1, 0.15) is 33.6 Å². The molecular weight excluding hydrogens is 296 g/mol. The van der Waals surface area contributed by atoms with E-state index in [1.807, 2.05) is 0 Å². The largest absolute Gasteiger partial charge is 0.505 e. The highest BCUT2D eigenvalue weighted by molar-refractivity contribution is 6.00. The minimum absolute atomic E-state index is 0.169. The molecule has 2 atom stereocenters. The van der Waals surface area contributed by atoms with Gasteiger partial charge in [0, 0.05) is 0 Å². The van der Waals surface area contributed by atoms with E-state index in [-0.39, 0.29) is 25.4 Å². The van der Waals surface area contributed by atoms with Crippen molar-refractivity contribution in [3.05, 3.63) is 12.2 Å². The summed E-state index contributed by atoms with van der Waals surface area (Å²) in [5, 5.41) is 17.0. The van der Waals surface area contributed by atoms with E-state index >= 15 is 0 Å². The summed E-state index contributed by atoms with van der Waals surface area (Å²) in [4.78, 5) is 32.4. The van der Waals surface area contributed by atoms with Gasteiger partial charge in [-0.25, -0.2) is 4.79 Å². The van der Waals surface area contributed by atoms with E-state index in [1.54, 1.807) is 20.8 Å². The fourth-order valence-electron chi connectivity index (χ4n) is 1.73. The molecule has 0 saturated heterocycles. The van der Waals surface area contributed by atoms with Crippen LogP contribution in [0.15, 0.2) is 12.2 Å². The molecule has 1 aliphatic rings. The third-order valence-corrected chi connectivity index (χ3v) is 2.78. The second-order valence-corrected chi connectivity index (χ2v) is 4.26. The molecule has 0 aromatic rings. The summed E-state index contributed by atoms with van der Waals surface area (Å²) in [6, 6.07) is 0. The van der Waals surface area contributed by atoms with Gasteiger partial charge < -0.3 is 24.4 Å². The second kappa shape index (κ2) is 9.91. The van der Waals surface area contributed by atoms with Gasteiger partial charge in [-0.2, -0.15) is 0 Å². The van der Waals surface area contributed by atoms with Crippen molar-refractivity contribution in [2.45, 2.75) is 45.5 Å². The molecule has 8 heteroatoms. The van der Waals surface area contributed by atoms with Crippen molar-refractivity contribution >= 4 is 17.9 Å².